The van der Waals surface area contributed by atoms with Gasteiger partial charge in [0, 0.05) is 11.1 Å². The molecule has 7 nitrogen and oxygen atoms in total. The van der Waals surface area contributed by atoms with Crippen LogP contribution in [0.15, 0.2) is 46.6 Å². The molecular formula is C15H13F3N4O3. The Hall–Kier alpha value is -3.17. The summed E-state index contributed by atoms with van der Waals surface area (Å²) >= 11 is 0. The van der Waals surface area contributed by atoms with Crippen molar-refractivity contribution in [3.05, 3.63) is 48.4 Å². The van der Waals surface area contributed by atoms with E-state index in [1.165, 1.54) is 36.6 Å². The number of alkyl halides is 3. The van der Waals surface area contributed by atoms with Crippen LogP contribution in [0.2, 0.25) is 0 Å². The summed E-state index contributed by atoms with van der Waals surface area (Å²) in [4.78, 5) is 19.9. The van der Waals surface area contributed by atoms with Crippen LogP contribution in [0.25, 0.3) is 11.4 Å². The molecule has 132 valence electrons. The average molecular weight is 354 g/mol. The molecule has 10 heteroatoms. The molecule has 1 N–H and O–H groups in total. The predicted octanol–water partition coefficient (Wildman–Crippen LogP) is 2.67. The lowest BCUT2D eigenvalue weighted by Gasteiger charge is -2.02. The zero-order chi connectivity index (χ0) is 18.3. The van der Waals surface area contributed by atoms with E-state index in [0.717, 1.165) is 0 Å². The molecule has 0 spiro atoms. The Labute approximate surface area is 140 Å². The smallest absolute Gasteiger partial charge is 0.392 e. The van der Waals surface area contributed by atoms with E-state index in [2.05, 4.69) is 31.7 Å². The number of rotatable bonds is 7. The van der Waals surface area contributed by atoms with Gasteiger partial charge in [0.25, 0.3) is 5.91 Å². The number of benzene rings is 1. The second kappa shape index (κ2) is 8.08. The fourth-order valence-corrected chi connectivity index (χ4v) is 1.65. The van der Waals surface area contributed by atoms with E-state index in [0.29, 0.717) is 5.56 Å². The molecule has 0 aliphatic heterocycles. The van der Waals surface area contributed by atoms with Crippen molar-refractivity contribution in [3.8, 4) is 11.4 Å². The minimum atomic E-state index is -4.71. The SMILES string of the molecule is C=CCO/N=C\CNC(=O)c1ccc(-c2noc(C(F)(F)F)n2)cc1. The van der Waals surface area contributed by atoms with Gasteiger partial charge >= 0.3 is 12.1 Å². The summed E-state index contributed by atoms with van der Waals surface area (Å²) < 4.78 is 41.4. The minimum Gasteiger partial charge on any atom is -0.392 e. The third-order valence-corrected chi connectivity index (χ3v) is 2.77. The van der Waals surface area contributed by atoms with Gasteiger partial charge in [0.15, 0.2) is 0 Å². The lowest BCUT2D eigenvalue weighted by atomic mass is 10.1. The number of amides is 1. The molecule has 1 amide bonds. The number of hydrogen-bond acceptors (Lipinski definition) is 6. The molecule has 0 aliphatic carbocycles. The highest BCUT2D eigenvalue weighted by Crippen LogP contribution is 2.29. The molecule has 0 fully saturated rings. The van der Waals surface area contributed by atoms with Crippen LogP contribution in [0.5, 0.6) is 0 Å². The first-order chi connectivity index (χ1) is 11.9. The van der Waals surface area contributed by atoms with Gasteiger partial charge in [0.05, 0.1) is 12.8 Å². The number of carbonyl (C=O) groups excluding carboxylic acids is 1. The first-order valence-corrected chi connectivity index (χ1v) is 6.96. The summed E-state index contributed by atoms with van der Waals surface area (Å²) in [7, 11) is 0. The highest BCUT2D eigenvalue weighted by molar-refractivity contribution is 5.95. The first kappa shape index (κ1) is 18.2. The largest absolute Gasteiger partial charge is 0.471 e. The second-order valence-electron chi connectivity index (χ2n) is 4.58. The molecule has 0 atom stereocenters. The van der Waals surface area contributed by atoms with Crippen molar-refractivity contribution in [1.29, 1.82) is 0 Å². The summed E-state index contributed by atoms with van der Waals surface area (Å²) in [6, 6.07) is 5.70. The molecule has 2 rings (SSSR count). The van der Waals surface area contributed by atoms with Crippen LogP contribution in [0.4, 0.5) is 13.2 Å². The van der Waals surface area contributed by atoms with Crippen molar-refractivity contribution < 1.29 is 27.3 Å². The van der Waals surface area contributed by atoms with E-state index in [1.54, 1.807) is 0 Å². The fraction of sp³-hybridized carbons (Fsp3) is 0.200. The van der Waals surface area contributed by atoms with Crippen molar-refractivity contribution >= 4 is 12.1 Å². The number of aromatic nitrogens is 2. The maximum absolute atomic E-state index is 12.4. The van der Waals surface area contributed by atoms with Gasteiger partial charge < -0.3 is 14.7 Å². The number of nitrogens with one attached hydrogen (secondary N) is 1. The molecule has 1 aromatic carbocycles. The van der Waals surface area contributed by atoms with E-state index < -0.39 is 12.1 Å². The summed E-state index contributed by atoms with van der Waals surface area (Å²) in [5, 5.41) is 9.41. The topological polar surface area (TPSA) is 89.6 Å². The van der Waals surface area contributed by atoms with Crippen LogP contribution < -0.4 is 5.32 Å². The normalized spacial score (nSPS) is 11.5. The summed E-state index contributed by atoms with van der Waals surface area (Å²) in [6.45, 7) is 3.86. The number of halogens is 3. The van der Waals surface area contributed by atoms with Gasteiger partial charge in [-0.3, -0.25) is 4.79 Å². The molecule has 0 aliphatic rings. The number of hydrogen-bond donors (Lipinski definition) is 1. The van der Waals surface area contributed by atoms with Gasteiger partial charge in [-0.15, -0.1) is 0 Å². The van der Waals surface area contributed by atoms with E-state index >= 15 is 0 Å². The Morgan fingerprint density at radius 1 is 1.36 bits per heavy atom. The third kappa shape index (κ3) is 5.16. The molecule has 0 saturated carbocycles. The molecule has 0 saturated heterocycles. The van der Waals surface area contributed by atoms with Crippen LogP contribution in [-0.2, 0) is 11.0 Å². The predicted molar refractivity (Wildman–Crippen MR) is 81.7 cm³/mol. The summed E-state index contributed by atoms with van der Waals surface area (Å²) in [5.41, 5.74) is 0.596. The zero-order valence-corrected chi connectivity index (χ0v) is 12.8. The van der Waals surface area contributed by atoms with Gasteiger partial charge in [-0.05, 0) is 12.1 Å². The van der Waals surface area contributed by atoms with E-state index in [1.807, 2.05) is 0 Å². The Kier molecular flexibility index (Phi) is 5.88. The van der Waals surface area contributed by atoms with Gasteiger partial charge in [-0.2, -0.15) is 18.2 Å². The van der Waals surface area contributed by atoms with Crippen LogP contribution in [0.1, 0.15) is 16.2 Å². The minimum absolute atomic E-state index is 0.150. The quantitative estimate of drug-likeness (QED) is 0.357. The van der Waals surface area contributed by atoms with E-state index in [9.17, 15) is 18.0 Å². The number of carbonyl (C=O) groups is 1. The van der Waals surface area contributed by atoms with Crippen molar-refractivity contribution in [2.75, 3.05) is 13.2 Å². The van der Waals surface area contributed by atoms with Crippen molar-refractivity contribution in [2.45, 2.75) is 6.18 Å². The monoisotopic (exact) mass is 354 g/mol. The molecule has 0 bridgehead atoms. The first-order valence-electron chi connectivity index (χ1n) is 6.96. The zero-order valence-electron chi connectivity index (χ0n) is 12.8. The highest BCUT2D eigenvalue weighted by atomic mass is 19.4. The Balaban J connectivity index is 1.95. The van der Waals surface area contributed by atoms with Crippen molar-refractivity contribution in [1.82, 2.24) is 15.5 Å². The van der Waals surface area contributed by atoms with Crippen LogP contribution in [0.3, 0.4) is 0 Å². The number of nitrogens with zero attached hydrogens (tertiary/aromatic N) is 3. The molecule has 0 unspecified atom stereocenters. The van der Waals surface area contributed by atoms with Crippen LogP contribution >= 0.6 is 0 Å². The Morgan fingerprint density at radius 3 is 2.68 bits per heavy atom. The maximum atomic E-state index is 12.4. The van der Waals surface area contributed by atoms with Gasteiger partial charge in [0.1, 0.15) is 6.61 Å². The van der Waals surface area contributed by atoms with Gasteiger partial charge in [-0.25, -0.2) is 0 Å². The maximum Gasteiger partial charge on any atom is 0.471 e. The molecule has 2 aromatic rings. The fourth-order valence-electron chi connectivity index (χ4n) is 1.65. The molecule has 25 heavy (non-hydrogen) atoms. The number of oxime groups is 1. The van der Waals surface area contributed by atoms with Crippen LogP contribution in [0, 0.1) is 0 Å². The van der Waals surface area contributed by atoms with E-state index in [4.69, 9.17) is 4.84 Å². The summed E-state index contributed by atoms with van der Waals surface area (Å²) in [6.07, 6.45) is -1.81. The van der Waals surface area contributed by atoms with Gasteiger partial charge in [-0.1, -0.05) is 35.1 Å². The van der Waals surface area contributed by atoms with Crippen molar-refractivity contribution in [2.24, 2.45) is 5.16 Å². The Bertz CT molecular complexity index is 754. The highest BCUT2D eigenvalue weighted by Gasteiger charge is 2.38. The molecule has 1 heterocycles. The molecule has 1 aromatic heterocycles. The standard InChI is InChI=1S/C15H13F3N4O3/c1-2-9-24-20-8-7-19-13(23)11-5-3-10(4-6-11)12-21-14(25-22-12)15(16,17)18/h2-6,8H,1,7,9H2,(H,19,23)/b20-8-. The molecular weight excluding hydrogens is 341 g/mol. The van der Waals surface area contributed by atoms with E-state index in [-0.39, 0.29) is 30.4 Å². The van der Waals surface area contributed by atoms with Crippen molar-refractivity contribution in [3.63, 3.8) is 0 Å². The lowest BCUT2D eigenvalue weighted by molar-refractivity contribution is -0.159. The Morgan fingerprint density at radius 2 is 2.08 bits per heavy atom. The average Bonchev–Trinajstić information content (AvgIpc) is 3.08. The lowest BCUT2D eigenvalue weighted by Crippen LogP contribution is -2.25. The van der Waals surface area contributed by atoms with Gasteiger partial charge in [0.2, 0.25) is 5.82 Å². The molecule has 0 radical (unpaired) electrons. The summed E-state index contributed by atoms with van der Waals surface area (Å²) in [5.74, 6) is -2.03. The second-order valence-corrected chi connectivity index (χ2v) is 4.58. The third-order valence-electron chi connectivity index (χ3n) is 2.77. The van der Waals surface area contributed by atoms with Crippen LogP contribution in [-0.4, -0.2) is 35.4 Å².